The smallest absolute Gasteiger partial charge is 0.231 e. The number of aromatic nitrogens is 2. The lowest BCUT2D eigenvalue weighted by Gasteiger charge is -2.06. The largest absolute Gasteiger partial charge is 0.291 e. The van der Waals surface area contributed by atoms with Gasteiger partial charge in [-0.1, -0.05) is 17.7 Å². The summed E-state index contributed by atoms with van der Waals surface area (Å²) in [5.41, 5.74) is 0.672. The number of hydrogen-bond acceptors (Lipinski definition) is 3. The molecule has 0 saturated heterocycles. The molecular weight excluding hydrogens is 248 g/mol. The van der Waals surface area contributed by atoms with Crippen molar-refractivity contribution >= 4 is 21.4 Å². The zero-order valence-corrected chi connectivity index (χ0v) is 10.0. The predicted octanol–water partition coefficient (Wildman–Crippen LogP) is 1.93. The molecule has 1 aromatic heterocycles. The normalized spacial score (nSPS) is 11.6. The number of nitrogens with zero attached hydrogens (tertiary/aromatic N) is 2. The molecule has 0 atom stereocenters. The lowest BCUT2D eigenvalue weighted by molar-refractivity contribution is 0.590. The number of rotatable bonds is 2. The zero-order valence-electron chi connectivity index (χ0n) is 8.46. The van der Waals surface area contributed by atoms with Crippen LogP contribution in [0.25, 0.3) is 5.69 Å². The first kappa shape index (κ1) is 11.2. The van der Waals surface area contributed by atoms with E-state index in [9.17, 15) is 8.42 Å². The van der Waals surface area contributed by atoms with Gasteiger partial charge in [-0.2, -0.15) is 0 Å². The molecule has 0 fully saturated rings. The van der Waals surface area contributed by atoms with Crippen LogP contribution in [0, 0.1) is 0 Å². The highest BCUT2D eigenvalue weighted by Gasteiger charge is 2.15. The van der Waals surface area contributed by atoms with Crippen LogP contribution in [0.5, 0.6) is 0 Å². The molecule has 4 nitrogen and oxygen atoms in total. The van der Waals surface area contributed by atoms with Crippen LogP contribution >= 0.6 is 11.6 Å². The van der Waals surface area contributed by atoms with Crippen molar-refractivity contribution in [2.24, 2.45) is 0 Å². The lowest BCUT2D eigenvalue weighted by Crippen LogP contribution is -2.07. The Morgan fingerprint density at radius 2 is 2.12 bits per heavy atom. The Labute approximate surface area is 98.4 Å². The SMILES string of the molecule is CS(=O)(=O)c1nccn1-c1cccc(Cl)c1. The molecule has 0 saturated carbocycles. The van der Waals surface area contributed by atoms with Gasteiger partial charge in [0.1, 0.15) is 0 Å². The second kappa shape index (κ2) is 3.92. The minimum absolute atomic E-state index is 0.00904. The van der Waals surface area contributed by atoms with E-state index in [1.807, 2.05) is 0 Å². The summed E-state index contributed by atoms with van der Waals surface area (Å²) in [4.78, 5) is 3.83. The second-order valence-electron chi connectivity index (χ2n) is 3.33. The molecule has 84 valence electrons. The molecule has 0 aliphatic heterocycles. The van der Waals surface area contributed by atoms with Crippen molar-refractivity contribution in [3.05, 3.63) is 41.7 Å². The van der Waals surface area contributed by atoms with Gasteiger partial charge in [-0.3, -0.25) is 4.57 Å². The van der Waals surface area contributed by atoms with Crippen molar-refractivity contribution in [3.63, 3.8) is 0 Å². The van der Waals surface area contributed by atoms with E-state index in [-0.39, 0.29) is 5.16 Å². The van der Waals surface area contributed by atoms with Crippen LogP contribution < -0.4 is 0 Å². The van der Waals surface area contributed by atoms with E-state index in [1.54, 1.807) is 30.5 Å². The molecule has 0 aliphatic carbocycles. The Kier molecular flexibility index (Phi) is 2.73. The van der Waals surface area contributed by atoms with Crippen molar-refractivity contribution in [1.29, 1.82) is 0 Å². The molecule has 0 aliphatic rings. The van der Waals surface area contributed by atoms with Crippen LogP contribution in [0.15, 0.2) is 41.8 Å². The van der Waals surface area contributed by atoms with Crippen LogP contribution in [0.2, 0.25) is 5.02 Å². The van der Waals surface area contributed by atoms with E-state index in [0.717, 1.165) is 6.26 Å². The predicted molar refractivity (Wildman–Crippen MR) is 61.7 cm³/mol. The number of imidazole rings is 1. The van der Waals surface area contributed by atoms with Crippen molar-refractivity contribution in [2.45, 2.75) is 5.16 Å². The molecule has 6 heteroatoms. The van der Waals surface area contributed by atoms with Crippen molar-refractivity contribution < 1.29 is 8.42 Å². The van der Waals surface area contributed by atoms with E-state index >= 15 is 0 Å². The molecule has 1 heterocycles. The second-order valence-corrected chi connectivity index (χ2v) is 5.68. The summed E-state index contributed by atoms with van der Waals surface area (Å²) in [6.07, 6.45) is 4.15. The highest BCUT2D eigenvalue weighted by Crippen LogP contribution is 2.18. The average molecular weight is 257 g/mol. The maximum Gasteiger partial charge on any atom is 0.231 e. The van der Waals surface area contributed by atoms with Gasteiger partial charge in [-0.05, 0) is 18.2 Å². The van der Waals surface area contributed by atoms with E-state index in [2.05, 4.69) is 4.98 Å². The summed E-state index contributed by atoms with van der Waals surface area (Å²) in [5.74, 6) is 0. The maximum atomic E-state index is 11.5. The molecule has 0 unspecified atom stereocenters. The Morgan fingerprint density at radius 3 is 2.75 bits per heavy atom. The summed E-state index contributed by atoms with van der Waals surface area (Å²) < 4.78 is 24.4. The third kappa shape index (κ3) is 2.10. The first-order valence-electron chi connectivity index (χ1n) is 4.48. The highest BCUT2D eigenvalue weighted by molar-refractivity contribution is 7.90. The molecule has 0 bridgehead atoms. The molecule has 0 amide bonds. The van der Waals surface area contributed by atoms with Crippen molar-refractivity contribution in [1.82, 2.24) is 9.55 Å². The summed E-state index contributed by atoms with van der Waals surface area (Å²) in [7, 11) is -3.34. The molecular formula is C10H9ClN2O2S. The maximum absolute atomic E-state index is 11.5. The third-order valence-corrected chi connectivity index (χ3v) is 3.23. The highest BCUT2D eigenvalue weighted by atomic mass is 35.5. The molecule has 2 rings (SSSR count). The minimum Gasteiger partial charge on any atom is -0.291 e. The van der Waals surface area contributed by atoms with Gasteiger partial charge in [0.25, 0.3) is 0 Å². The van der Waals surface area contributed by atoms with Gasteiger partial charge < -0.3 is 0 Å². The summed E-state index contributed by atoms with van der Waals surface area (Å²) >= 11 is 5.85. The molecule has 0 N–H and O–H groups in total. The van der Waals surface area contributed by atoms with Crippen molar-refractivity contribution in [3.8, 4) is 5.69 Å². The molecule has 0 spiro atoms. The Balaban J connectivity index is 2.62. The Bertz CT molecular complexity index is 619. The number of hydrogen-bond donors (Lipinski definition) is 0. The van der Waals surface area contributed by atoms with E-state index in [1.165, 1.54) is 10.8 Å². The summed E-state index contributed by atoms with van der Waals surface area (Å²) in [5, 5.41) is 0.556. The zero-order chi connectivity index (χ0) is 11.8. The summed E-state index contributed by atoms with van der Waals surface area (Å²) in [6, 6.07) is 6.92. The van der Waals surface area contributed by atoms with Gasteiger partial charge in [0, 0.05) is 29.4 Å². The van der Waals surface area contributed by atoms with E-state index < -0.39 is 9.84 Å². The van der Waals surface area contributed by atoms with Crippen LogP contribution in [-0.2, 0) is 9.84 Å². The average Bonchev–Trinajstić information content (AvgIpc) is 2.65. The monoisotopic (exact) mass is 256 g/mol. The summed E-state index contributed by atoms with van der Waals surface area (Å²) in [6.45, 7) is 0. The van der Waals surface area contributed by atoms with E-state index in [4.69, 9.17) is 11.6 Å². The minimum atomic E-state index is -3.34. The standard InChI is InChI=1S/C10H9ClN2O2S/c1-16(14,15)10-12-5-6-13(10)9-4-2-3-8(11)7-9/h2-7H,1H3. The Hall–Kier alpha value is -1.33. The fraction of sp³-hybridized carbons (Fsp3) is 0.100. The van der Waals surface area contributed by atoms with Gasteiger partial charge in [-0.25, -0.2) is 13.4 Å². The van der Waals surface area contributed by atoms with Gasteiger partial charge in [0.05, 0.1) is 0 Å². The van der Waals surface area contributed by atoms with Crippen LogP contribution in [0.1, 0.15) is 0 Å². The van der Waals surface area contributed by atoms with Crippen LogP contribution in [-0.4, -0.2) is 24.2 Å². The van der Waals surface area contributed by atoms with E-state index in [0.29, 0.717) is 10.7 Å². The van der Waals surface area contributed by atoms with Gasteiger partial charge >= 0.3 is 0 Å². The lowest BCUT2D eigenvalue weighted by atomic mass is 10.3. The number of halogens is 1. The first-order valence-corrected chi connectivity index (χ1v) is 6.75. The fourth-order valence-electron chi connectivity index (χ4n) is 1.39. The van der Waals surface area contributed by atoms with Gasteiger partial charge in [-0.15, -0.1) is 0 Å². The molecule has 16 heavy (non-hydrogen) atoms. The first-order chi connectivity index (χ1) is 7.48. The van der Waals surface area contributed by atoms with Gasteiger partial charge in [0.15, 0.2) is 0 Å². The quantitative estimate of drug-likeness (QED) is 0.825. The Morgan fingerprint density at radius 1 is 1.38 bits per heavy atom. The van der Waals surface area contributed by atoms with Crippen LogP contribution in [0.4, 0.5) is 0 Å². The van der Waals surface area contributed by atoms with Crippen molar-refractivity contribution in [2.75, 3.05) is 6.26 Å². The number of sulfone groups is 1. The van der Waals surface area contributed by atoms with Crippen LogP contribution in [0.3, 0.4) is 0 Å². The van der Waals surface area contributed by atoms with Gasteiger partial charge in [0.2, 0.25) is 15.0 Å². The fourth-order valence-corrected chi connectivity index (χ4v) is 2.35. The number of benzene rings is 1. The molecule has 1 aromatic carbocycles. The third-order valence-electron chi connectivity index (χ3n) is 2.02. The topological polar surface area (TPSA) is 52.0 Å². The molecule has 0 radical (unpaired) electrons. The molecule has 2 aromatic rings.